The van der Waals surface area contributed by atoms with Crippen LogP contribution in [0.25, 0.3) is 0 Å². The average molecular weight is 1490 g/mol. The largest absolute Gasteiger partial charge is 0.391 e. The van der Waals surface area contributed by atoms with E-state index < -0.39 is 168 Å². The maximum atomic E-state index is 15.6. The second-order valence-corrected chi connectivity index (χ2v) is 31.5. The van der Waals surface area contributed by atoms with Crippen molar-refractivity contribution in [1.29, 1.82) is 0 Å². The third-order valence-electron chi connectivity index (χ3n) is 19.5. The van der Waals surface area contributed by atoms with Crippen LogP contribution < -0.4 is 26.6 Å². The van der Waals surface area contributed by atoms with Gasteiger partial charge in [0.15, 0.2) is 0 Å². The number of likely N-dealkylation sites (tertiary alicyclic amines) is 1. The zero-order valence-electron chi connectivity index (χ0n) is 66.5. The Morgan fingerprint density at radius 3 is 1.38 bits per heavy atom. The number of likely N-dealkylation sites (N-methyl/N-ethyl adjacent to an activating group) is 6. The minimum Gasteiger partial charge on any atom is -0.391 e. The molecule has 2 aliphatic rings. The Morgan fingerprint density at radius 2 is 0.915 bits per heavy atom. The van der Waals surface area contributed by atoms with Gasteiger partial charge in [0.25, 0.3) is 0 Å². The number of ether oxygens (including phenoxy) is 2. The van der Waals surface area contributed by atoms with E-state index in [2.05, 4.69) is 26.6 Å². The van der Waals surface area contributed by atoms with Gasteiger partial charge in [-0.05, 0) is 113 Å². The number of rotatable bonds is 23. The fourth-order valence-electron chi connectivity index (χ4n) is 12.8. The van der Waals surface area contributed by atoms with E-state index in [-0.39, 0.29) is 82.0 Å². The summed E-state index contributed by atoms with van der Waals surface area (Å²) in [6.07, 6.45) is 0.463. The summed E-state index contributed by atoms with van der Waals surface area (Å²) in [6.45, 7) is 21.9. The van der Waals surface area contributed by atoms with Gasteiger partial charge in [0, 0.05) is 81.4 Å². The predicted octanol–water partition coefficient (Wildman–Crippen LogP) is 3.32. The minimum atomic E-state index is -1.71. The van der Waals surface area contributed by atoms with E-state index in [9.17, 15) is 34.2 Å². The lowest BCUT2D eigenvalue weighted by atomic mass is 9.97. The maximum absolute atomic E-state index is 15.6. The molecule has 594 valence electrons. The van der Waals surface area contributed by atoms with E-state index in [0.29, 0.717) is 43.5 Å². The van der Waals surface area contributed by atoms with Gasteiger partial charge in [-0.15, -0.1) is 0 Å². The molecule has 11 atom stereocenters. The van der Waals surface area contributed by atoms with E-state index in [4.69, 9.17) is 9.47 Å². The number of carbonyl (C=O) groups is 12. The highest BCUT2D eigenvalue weighted by Gasteiger charge is 2.44. The molecule has 2 aliphatic heterocycles. The third-order valence-corrected chi connectivity index (χ3v) is 19.5. The van der Waals surface area contributed by atoms with Crippen LogP contribution in [-0.4, -0.2) is 276 Å². The summed E-state index contributed by atoms with van der Waals surface area (Å²) in [4.78, 5) is 189. The molecule has 2 aromatic carbocycles. The first-order chi connectivity index (χ1) is 49.6. The highest BCUT2D eigenvalue weighted by atomic mass is 16.5. The number of hydrogen-bond acceptors (Lipinski definition) is 16. The van der Waals surface area contributed by atoms with E-state index in [1.54, 1.807) is 107 Å². The van der Waals surface area contributed by atoms with Crippen LogP contribution in [0.1, 0.15) is 159 Å². The SMILES string of the molecule is CC(C)CCOC[C@@H]1NC(=O)[C@H](CC(C)C)N(C)C(=O)CN(C)C(=O)[C@H]([C@@H](C)O)NC(=O)[C@H](CC(C)C)N(C)C(=O)[C@H](COCCC(C)(C)O)NC(=O)[C@H](Cc2ccccc2)N(C)C(=O)[C@@H](C(C)C)NC(=O)C[C@@H](C(=O)N2CCCCC2)NC(=O)[C@H](CC(C)C)N(C)C(=O)[C@H](Cc2ccccc2)N(C)C1=O. The van der Waals surface area contributed by atoms with Gasteiger partial charge in [-0.2, -0.15) is 0 Å². The lowest BCUT2D eigenvalue weighted by Crippen LogP contribution is -2.62. The standard InChI is InChI=1S/C78H126N12O16/c1-48(2)33-37-105-46-57-73(99)89(19)63(43-55-31-25-21-26-32-55)75(101)87(17)60(40-50(5)6)69(95)79-56(74(100)90-35-27-22-28-36-90)44-64(92)82-66(52(9)10)77(103)88(18)62(42-54-29-23-20-24-30-54)70(96)81-58(47-106-38-34-78(12,13)104)72(98)86(16)61(41-51(7)8)71(97)83-67(53(11)91)76(102)84(14)45-65(93)85(15)59(39-49(3)4)68(94)80-57/h20-21,23-26,29-32,48-53,56-63,66-67,91,104H,22,27-28,33-47H2,1-19H3,(H,79,95)(H,80,94)(H,81,96)(H,82,92)(H,83,97)/t53-,56+,57+,58+,59+,60+,61+,62+,63+,66-,67+/m1/s1. The highest BCUT2D eigenvalue weighted by molar-refractivity contribution is 6.00. The normalized spacial score (nSPS) is 24.4. The second-order valence-electron chi connectivity index (χ2n) is 31.5. The van der Waals surface area contributed by atoms with E-state index in [0.717, 1.165) is 26.0 Å². The van der Waals surface area contributed by atoms with Crippen LogP contribution in [-0.2, 0) is 79.8 Å². The van der Waals surface area contributed by atoms with Gasteiger partial charge in [0.1, 0.15) is 60.4 Å². The van der Waals surface area contributed by atoms with Crippen LogP contribution >= 0.6 is 0 Å². The number of nitrogens with one attached hydrogen (secondary N) is 5. The number of benzene rings is 2. The molecule has 0 aromatic heterocycles. The molecule has 2 aromatic rings. The molecule has 2 fully saturated rings. The number of amides is 12. The lowest BCUT2D eigenvalue weighted by Gasteiger charge is -2.37. The van der Waals surface area contributed by atoms with Gasteiger partial charge in [0.2, 0.25) is 70.9 Å². The van der Waals surface area contributed by atoms with Gasteiger partial charge < -0.3 is 80.6 Å². The molecule has 7 N–H and O–H groups in total. The minimum absolute atomic E-state index is 0.0155. The lowest BCUT2D eigenvalue weighted by molar-refractivity contribution is -0.151. The monoisotopic (exact) mass is 1490 g/mol. The number of hydrogen-bond donors (Lipinski definition) is 7. The fraction of sp³-hybridized carbons (Fsp3) is 0.692. The Hall–Kier alpha value is -8.08. The molecular formula is C78H126N12O16. The number of aliphatic hydroxyl groups excluding tert-OH is 1. The summed E-state index contributed by atoms with van der Waals surface area (Å²) in [5.41, 5.74) is 0.0304. The van der Waals surface area contributed by atoms with Gasteiger partial charge in [-0.3, -0.25) is 57.5 Å². The zero-order chi connectivity index (χ0) is 79.6. The Morgan fingerprint density at radius 1 is 0.491 bits per heavy atom. The molecule has 0 radical (unpaired) electrons. The van der Waals surface area contributed by atoms with Crippen LogP contribution in [0.3, 0.4) is 0 Å². The van der Waals surface area contributed by atoms with Gasteiger partial charge in [0.05, 0.1) is 37.9 Å². The zero-order valence-corrected chi connectivity index (χ0v) is 66.5. The predicted molar refractivity (Wildman–Crippen MR) is 402 cm³/mol. The van der Waals surface area contributed by atoms with Crippen LogP contribution in [0.15, 0.2) is 60.7 Å². The molecule has 4 rings (SSSR count). The number of carbonyl (C=O) groups excluding carboxylic acids is 12. The molecule has 28 nitrogen and oxygen atoms in total. The third kappa shape index (κ3) is 28.2. The summed E-state index contributed by atoms with van der Waals surface area (Å²) in [7, 11) is 8.18. The van der Waals surface area contributed by atoms with Crippen molar-refractivity contribution >= 4 is 70.9 Å². The average Bonchev–Trinajstić information content (AvgIpc) is 0.823. The van der Waals surface area contributed by atoms with Crippen LogP contribution in [0, 0.1) is 29.6 Å². The first-order valence-electron chi connectivity index (χ1n) is 37.7. The van der Waals surface area contributed by atoms with E-state index >= 15 is 33.6 Å². The summed E-state index contributed by atoms with van der Waals surface area (Å²) in [5.74, 6) is -10.6. The number of aliphatic hydroxyl groups is 2. The quantitative estimate of drug-likeness (QED) is 0.0785. The Balaban J connectivity index is 2.01. The topological polar surface area (TPSA) is 347 Å². The smallest absolute Gasteiger partial charge is 0.248 e. The molecule has 2 saturated heterocycles. The van der Waals surface area contributed by atoms with E-state index in [1.807, 2.05) is 41.5 Å². The molecule has 0 bridgehead atoms. The molecule has 0 spiro atoms. The van der Waals surface area contributed by atoms with Crippen molar-refractivity contribution in [2.45, 2.75) is 233 Å². The van der Waals surface area contributed by atoms with Crippen molar-refractivity contribution in [2.24, 2.45) is 29.6 Å². The van der Waals surface area contributed by atoms with Crippen molar-refractivity contribution in [1.82, 2.24) is 60.9 Å². The number of piperidine rings is 1. The molecule has 106 heavy (non-hydrogen) atoms. The molecular weight excluding hydrogens is 1360 g/mol. The Bertz CT molecular complexity index is 3210. The van der Waals surface area contributed by atoms with Gasteiger partial charge in [-0.1, -0.05) is 130 Å². The summed E-state index contributed by atoms with van der Waals surface area (Å²) in [6, 6.07) is 3.22. The molecule has 0 aliphatic carbocycles. The van der Waals surface area contributed by atoms with Crippen LogP contribution in [0.4, 0.5) is 0 Å². The molecule has 12 amide bonds. The molecule has 0 unspecified atom stereocenters. The highest BCUT2D eigenvalue weighted by Crippen LogP contribution is 2.23. The Labute approximate surface area is 628 Å². The molecule has 28 heteroatoms. The first kappa shape index (κ1) is 90.3. The van der Waals surface area contributed by atoms with Crippen LogP contribution in [0.2, 0.25) is 0 Å². The maximum Gasteiger partial charge on any atom is 0.248 e. The summed E-state index contributed by atoms with van der Waals surface area (Å²) < 4.78 is 12.1. The van der Waals surface area contributed by atoms with Crippen molar-refractivity contribution < 1.29 is 77.2 Å². The Kier molecular flexibility index (Phi) is 36.7. The molecule has 2 heterocycles. The van der Waals surface area contributed by atoms with E-state index in [1.165, 1.54) is 59.0 Å². The summed E-state index contributed by atoms with van der Waals surface area (Å²) >= 11 is 0. The summed E-state index contributed by atoms with van der Waals surface area (Å²) in [5, 5.41) is 35.9. The van der Waals surface area contributed by atoms with Crippen molar-refractivity contribution in [2.75, 3.05) is 88.3 Å². The molecule has 0 saturated carbocycles. The number of nitrogens with zero attached hydrogens (tertiary/aromatic N) is 7. The van der Waals surface area contributed by atoms with Gasteiger partial charge in [-0.25, -0.2) is 0 Å². The second kappa shape index (κ2) is 43.1. The van der Waals surface area contributed by atoms with Crippen molar-refractivity contribution in [3.05, 3.63) is 71.8 Å². The van der Waals surface area contributed by atoms with Crippen molar-refractivity contribution in [3.63, 3.8) is 0 Å². The first-order valence-corrected chi connectivity index (χ1v) is 37.7. The van der Waals surface area contributed by atoms with Gasteiger partial charge >= 0.3 is 0 Å². The fourth-order valence-corrected chi connectivity index (χ4v) is 12.8. The van der Waals surface area contributed by atoms with Crippen molar-refractivity contribution in [3.8, 4) is 0 Å². The van der Waals surface area contributed by atoms with Crippen LogP contribution in [0.5, 0.6) is 0 Å².